The number of ketones is 1. The first-order chi connectivity index (χ1) is 17.0. The van der Waals surface area contributed by atoms with E-state index in [1.54, 1.807) is 7.11 Å². The average Bonchev–Trinajstić information content (AvgIpc) is 2.86. The van der Waals surface area contributed by atoms with Crippen LogP contribution in [0, 0.1) is 23.7 Å². The zero-order valence-corrected chi connectivity index (χ0v) is 22.8. The minimum absolute atomic E-state index is 0.103. The van der Waals surface area contributed by atoms with Crippen LogP contribution in [0.25, 0.3) is 0 Å². The van der Waals surface area contributed by atoms with Crippen molar-refractivity contribution in [2.75, 3.05) is 13.7 Å². The molecule has 1 heterocycles. The number of amides is 1. The van der Waals surface area contributed by atoms with Crippen LogP contribution >= 0.6 is 0 Å². The molecule has 36 heavy (non-hydrogen) atoms. The van der Waals surface area contributed by atoms with E-state index >= 15 is 0 Å². The van der Waals surface area contributed by atoms with Crippen molar-refractivity contribution in [2.45, 2.75) is 122 Å². The molecular weight excluding hydrogens is 462 g/mol. The van der Waals surface area contributed by atoms with Gasteiger partial charge in [0, 0.05) is 13.7 Å². The van der Waals surface area contributed by atoms with Gasteiger partial charge in [0.05, 0.1) is 12.2 Å². The van der Waals surface area contributed by atoms with Crippen LogP contribution in [0.3, 0.4) is 0 Å². The molecule has 3 rings (SSSR count). The van der Waals surface area contributed by atoms with Gasteiger partial charge in [0.25, 0.3) is 11.7 Å². The van der Waals surface area contributed by atoms with Gasteiger partial charge in [0.1, 0.15) is 17.7 Å². The topological polar surface area (TPSA) is 113 Å². The predicted molar refractivity (Wildman–Crippen MR) is 135 cm³/mol. The summed E-state index contributed by atoms with van der Waals surface area (Å²) in [7, 11) is 1.63. The molecule has 8 nitrogen and oxygen atoms in total. The van der Waals surface area contributed by atoms with Gasteiger partial charge in [0.2, 0.25) is 0 Å². The number of likely N-dealkylation sites (tertiary alicyclic amines) is 1. The van der Waals surface area contributed by atoms with Crippen molar-refractivity contribution in [1.82, 2.24) is 4.90 Å². The van der Waals surface area contributed by atoms with Gasteiger partial charge in [-0.2, -0.15) is 0 Å². The van der Waals surface area contributed by atoms with E-state index in [0.717, 1.165) is 32.1 Å². The van der Waals surface area contributed by atoms with Gasteiger partial charge in [-0.15, -0.1) is 0 Å². The molecule has 1 aliphatic heterocycles. The van der Waals surface area contributed by atoms with E-state index in [9.17, 15) is 24.6 Å². The summed E-state index contributed by atoms with van der Waals surface area (Å²) in [5.41, 5.74) is -1.67. The molecule has 9 atom stereocenters. The highest BCUT2D eigenvalue weighted by Crippen LogP contribution is 2.38. The number of esters is 1. The lowest BCUT2D eigenvalue weighted by atomic mass is 9.69. The summed E-state index contributed by atoms with van der Waals surface area (Å²) in [4.78, 5) is 41.1. The standard InChI is InChI=1S/C28H47NO7/c1-17-9-10-19(3)28(34,16-17)25(31)26(32)29-13-7-6-8-22(29)27(33)36-20(4)18(2)14-21-11-12-23(30)24(15-21)35-5/h17-24,30,34H,6-16H2,1-5H3/t17-,18?,19-,20?,21+,22+,23-,24-,28+/m1/s1. The Labute approximate surface area is 216 Å². The summed E-state index contributed by atoms with van der Waals surface area (Å²) >= 11 is 0. The molecule has 0 spiro atoms. The third-order valence-electron chi connectivity index (χ3n) is 9.17. The highest BCUT2D eigenvalue weighted by Gasteiger charge is 2.50. The number of ether oxygens (including phenoxy) is 2. The minimum Gasteiger partial charge on any atom is -0.461 e. The lowest BCUT2D eigenvalue weighted by Crippen LogP contribution is -2.59. The first-order valence-corrected chi connectivity index (χ1v) is 14.0. The van der Waals surface area contributed by atoms with Crippen molar-refractivity contribution in [3.63, 3.8) is 0 Å². The van der Waals surface area contributed by atoms with E-state index in [4.69, 9.17) is 9.47 Å². The highest BCUT2D eigenvalue weighted by molar-refractivity contribution is 6.39. The number of carbonyl (C=O) groups is 3. The van der Waals surface area contributed by atoms with Crippen LogP contribution < -0.4 is 0 Å². The van der Waals surface area contributed by atoms with Gasteiger partial charge >= 0.3 is 5.97 Å². The summed E-state index contributed by atoms with van der Waals surface area (Å²) in [5, 5.41) is 21.3. The maximum absolute atomic E-state index is 13.3. The van der Waals surface area contributed by atoms with Gasteiger partial charge < -0.3 is 24.6 Å². The molecule has 0 aromatic rings. The van der Waals surface area contributed by atoms with Crippen LogP contribution in [0.4, 0.5) is 0 Å². The number of hydrogen-bond donors (Lipinski definition) is 2. The number of nitrogens with zero attached hydrogens (tertiary/aromatic N) is 1. The summed E-state index contributed by atoms with van der Waals surface area (Å²) in [6.45, 7) is 8.06. The second kappa shape index (κ2) is 12.4. The zero-order chi connectivity index (χ0) is 26.6. The SMILES string of the molecule is CO[C@@H]1C[C@H](CC(C)C(C)OC(=O)[C@@H]2CCCCN2C(=O)C(=O)[C@]2(O)C[C@H](C)CC[C@H]2C)CC[C@H]1O. The normalized spacial score (nSPS) is 37.1. The lowest BCUT2D eigenvalue weighted by Gasteiger charge is -2.41. The number of Topliss-reactive ketones (excluding diaryl/α,β-unsaturated/α-hetero) is 1. The van der Waals surface area contributed by atoms with Crippen LogP contribution in [-0.2, 0) is 23.9 Å². The molecule has 3 fully saturated rings. The highest BCUT2D eigenvalue weighted by atomic mass is 16.5. The Kier molecular flexibility index (Phi) is 9.97. The fraction of sp³-hybridized carbons (Fsp3) is 0.893. The Morgan fingerprint density at radius 2 is 1.78 bits per heavy atom. The number of hydrogen-bond acceptors (Lipinski definition) is 7. The smallest absolute Gasteiger partial charge is 0.329 e. The summed E-state index contributed by atoms with van der Waals surface area (Å²) in [6.07, 6.45) is 6.20. The third-order valence-corrected chi connectivity index (χ3v) is 9.17. The summed E-state index contributed by atoms with van der Waals surface area (Å²) in [5.74, 6) is -1.64. The van der Waals surface area contributed by atoms with E-state index in [1.807, 2.05) is 20.8 Å². The fourth-order valence-corrected chi connectivity index (χ4v) is 6.42. The number of methoxy groups -OCH3 is 1. The van der Waals surface area contributed by atoms with Crippen molar-refractivity contribution in [3.05, 3.63) is 0 Å². The molecule has 8 heteroatoms. The largest absolute Gasteiger partial charge is 0.461 e. The monoisotopic (exact) mass is 509 g/mol. The van der Waals surface area contributed by atoms with Crippen molar-refractivity contribution in [3.8, 4) is 0 Å². The number of carbonyl (C=O) groups excluding carboxylic acids is 3. The number of rotatable bonds is 8. The molecular formula is C28H47NO7. The number of aliphatic hydroxyl groups is 2. The van der Waals surface area contributed by atoms with Crippen LogP contribution in [-0.4, -0.2) is 76.4 Å². The van der Waals surface area contributed by atoms with Gasteiger partial charge in [-0.1, -0.05) is 27.2 Å². The molecule has 206 valence electrons. The van der Waals surface area contributed by atoms with Crippen molar-refractivity contribution < 1.29 is 34.1 Å². The maximum Gasteiger partial charge on any atom is 0.329 e. The molecule has 1 saturated heterocycles. The van der Waals surface area contributed by atoms with Gasteiger partial charge in [-0.3, -0.25) is 9.59 Å². The summed E-state index contributed by atoms with van der Waals surface area (Å²) in [6, 6.07) is -0.799. The van der Waals surface area contributed by atoms with Crippen LogP contribution in [0.2, 0.25) is 0 Å². The first-order valence-electron chi connectivity index (χ1n) is 14.0. The minimum atomic E-state index is -1.67. The molecule has 0 aromatic carbocycles. The molecule has 2 N–H and O–H groups in total. The average molecular weight is 510 g/mol. The van der Waals surface area contributed by atoms with Gasteiger partial charge in [0.15, 0.2) is 0 Å². The maximum atomic E-state index is 13.3. The predicted octanol–water partition coefficient (Wildman–Crippen LogP) is 3.26. The van der Waals surface area contributed by atoms with E-state index in [2.05, 4.69) is 6.92 Å². The lowest BCUT2D eigenvalue weighted by molar-refractivity contribution is -0.170. The molecule has 0 aromatic heterocycles. The van der Waals surface area contributed by atoms with Crippen molar-refractivity contribution in [2.24, 2.45) is 23.7 Å². The van der Waals surface area contributed by atoms with E-state index < -0.39 is 35.4 Å². The zero-order valence-electron chi connectivity index (χ0n) is 22.8. The second-order valence-electron chi connectivity index (χ2n) is 11.9. The third kappa shape index (κ3) is 6.48. The Bertz CT molecular complexity index is 788. The number of aliphatic hydroxyl groups excluding tert-OH is 1. The van der Waals surface area contributed by atoms with Crippen molar-refractivity contribution in [1.29, 1.82) is 0 Å². The Hall–Kier alpha value is -1.51. The Morgan fingerprint density at radius 3 is 2.47 bits per heavy atom. The van der Waals surface area contributed by atoms with E-state index in [-0.39, 0.29) is 36.4 Å². The molecule has 3 aliphatic rings. The van der Waals surface area contributed by atoms with E-state index in [0.29, 0.717) is 38.1 Å². The Balaban J connectivity index is 1.61. The molecule has 2 unspecified atom stereocenters. The van der Waals surface area contributed by atoms with Crippen molar-refractivity contribution >= 4 is 17.7 Å². The van der Waals surface area contributed by atoms with Crippen LogP contribution in [0.15, 0.2) is 0 Å². The number of piperidine rings is 1. The molecule has 2 saturated carbocycles. The van der Waals surface area contributed by atoms with Crippen LogP contribution in [0.1, 0.15) is 91.9 Å². The Morgan fingerprint density at radius 1 is 1.06 bits per heavy atom. The van der Waals surface area contributed by atoms with Crippen LogP contribution in [0.5, 0.6) is 0 Å². The molecule has 1 amide bonds. The van der Waals surface area contributed by atoms with Gasteiger partial charge in [-0.25, -0.2) is 4.79 Å². The first kappa shape index (κ1) is 29.1. The quantitative estimate of drug-likeness (QED) is 0.381. The van der Waals surface area contributed by atoms with Gasteiger partial charge in [-0.05, 0) is 88.4 Å². The summed E-state index contributed by atoms with van der Waals surface area (Å²) < 4.78 is 11.3. The molecule has 0 bridgehead atoms. The molecule has 2 aliphatic carbocycles. The fourth-order valence-electron chi connectivity index (χ4n) is 6.42. The molecule has 0 radical (unpaired) electrons. The van der Waals surface area contributed by atoms with E-state index in [1.165, 1.54) is 4.90 Å². The second-order valence-corrected chi connectivity index (χ2v) is 11.9.